The predicted molar refractivity (Wildman–Crippen MR) is 68.5 cm³/mol. The Morgan fingerprint density at radius 2 is 1.65 bits per heavy atom. The van der Waals surface area contributed by atoms with Crippen LogP contribution in [-0.2, 0) is 10.1 Å². The summed E-state index contributed by atoms with van der Waals surface area (Å²) in [4.78, 5) is 3.68. The molecule has 0 radical (unpaired) electrons. The first kappa shape index (κ1) is 15.2. The maximum Gasteiger partial charge on any atom is 1.00 e. The van der Waals surface area contributed by atoms with Gasteiger partial charge in [0.2, 0.25) is 0 Å². The van der Waals surface area contributed by atoms with Gasteiger partial charge in [0.25, 0.3) is 10.1 Å². The molecule has 7 heteroatoms. The van der Waals surface area contributed by atoms with E-state index in [-0.39, 0.29) is 40.3 Å². The second-order valence-electron chi connectivity index (χ2n) is 4.12. The molecule has 1 heterocycles. The van der Waals surface area contributed by atoms with Gasteiger partial charge in [-0.2, -0.15) is 8.42 Å². The summed E-state index contributed by atoms with van der Waals surface area (Å²) in [5.74, 6) is -0.359. The van der Waals surface area contributed by atoms with E-state index in [1.165, 1.54) is 18.2 Å². The van der Waals surface area contributed by atoms with Gasteiger partial charge in [0, 0.05) is 5.39 Å². The van der Waals surface area contributed by atoms with Crippen LogP contribution in [0.5, 0.6) is 5.88 Å². The minimum Gasteiger partial charge on any atom is -0.858 e. The van der Waals surface area contributed by atoms with Gasteiger partial charge in [-0.15, -0.1) is 0 Å². The molecule has 0 fully saturated rings. The third-order valence-electron chi connectivity index (χ3n) is 2.94. The zero-order valence-electron chi connectivity index (χ0n) is 10.6. The molecule has 2 aromatic carbocycles. The Labute approximate surface area is 137 Å². The number of aromatic nitrogens is 1. The van der Waals surface area contributed by atoms with E-state index < -0.39 is 10.1 Å². The van der Waals surface area contributed by atoms with E-state index in [0.717, 1.165) is 0 Å². The van der Waals surface area contributed by atoms with Gasteiger partial charge in [-0.3, -0.25) is 9.54 Å². The number of hydrogen-bond donors (Lipinski definition) is 1. The van der Waals surface area contributed by atoms with E-state index in [9.17, 15) is 13.5 Å². The monoisotopic (exact) mass is 297 g/mol. The molecule has 0 saturated carbocycles. The van der Waals surface area contributed by atoms with E-state index in [2.05, 4.69) is 4.98 Å². The molecule has 20 heavy (non-hydrogen) atoms. The Morgan fingerprint density at radius 1 is 1.00 bits per heavy atom. The molecular formula is C13H8NNaO4S. The molecule has 1 aromatic heterocycles. The number of hydrogen-bond acceptors (Lipinski definition) is 4. The Hall–Kier alpha value is -1.18. The van der Waals surface area contributed by atoms with Crippen molar-refractivity contribution >= 4 is 31.8 Å². The van der Waals surface area contributed by atoms with Crippen molar-refractivity contribution in [3.8, 4) is 5.88 Å². The van der Waals surface area contributed by atoms with Crippen LogP contribution < -0.4 is 34.7 Å². The fraction of sp³-hybridized carbons (Fsp3) is 0. The van der Waals surface area contributed by atoms with Crippen LogP contribution in [0.15, 0.2) is 47.4 Å². The molecule has 0 aliphatic heterocycles. The van der Waals surface area contributed by atoms with Crippen molar-refractivity contribution in [2.45, 2.75) is 4.90 Å². The molecule has 0 saturated heterocycles. The number of pyridine rings is 1. The maximum atomic E-state index is 11.8. The molecule has 0 unspecified atom stereocenters. The molecule has 3 aromatic rings. The van der Waals surface area contributed by atoms with Crippen molar-refractivity contribution in [1.29, 1.82) is 0 Å². The summed E-state index contributed by atoms with van der Waals surface area (Å²) in [5, 5.41) is 13.3. The number of nitrogens with zero attached hydrogens (tertiary/aromatic N) is 1. The zero-order valence-corrected chi connectivity index (χ0v) is 13.4. The van der Waals surface area contributed by atoms with Crippen molar-refractivity contribution in [3.05, 3.63) is 42.5 Å². The van der Waals surface area contributed by atoms with Crippen LogP contribution in [0.4, 0.5) is 0 Å². The number of fused-ring (bicyclic) bond motifs is 3. The van der Waals surface area contributed by atoms with Gasteiger partial charge >= 0.3 is 29.6 Å². The molecule has 0 aliphatic carbocycles. The first-order chi connectivity index (χ1) is 8.97. The van der Waals surface area contributed by atoms with E-state index in [4.69, 9.17) is 4.55 Å². The summed E-state index contributed by atoms with van der Waals surface area (Å²) in [6, 6.07) is 10.8. The minimum absolute atomic E-state index is 0. The second kappa shape index (κ2) is 5.31. The topological polar surface area (TPSA) is 90.3 Å². The number of rotatable bonds is 1. The van der Waals surface area contributed by atoms with E-state index >= 15 is 0 Å². The third-order valence-corrected chi connectivity index (χ3v) is 3.79. The summed E-state index contributed by atoms with van der Waals surface area (Å²) in [6.45, 7) is 0. The van der Waals surface area contributed by atoms with E-state index in [1.807, 2.05) is 0 Å². The van der Waals surface area contributed by atoms with Gasteiger partial charge in [0.05, 0.1) is 10.4 Å². The van der Waals surface area contributed by atoms with Crippen LogP contribution in [0, 0.1) is 0 Å². The van der Waals surface area contributed by atoms with Gasteiger partial charge in [-0.05, 0) is 34.9 Å². The minimum atomic E-state index is -4.28. The fourth-order valence-corrected chi connectivity index (χ4v) is 2.57. The van der Waals surface area contributed by atoms with Gasteiger partial charge < -0.3 is 5.11 Å². The first-order valence-corrected chi connectivity index (χ1v) is 6.88. The summed E-state index contributed by atoms with van der Waals surface area (Å²) in [6.07, 6.45) is 0. The SMILES string of the molecule is O=S(=O)(O)c1ccc2nc([O-])c3ccccc3c2c1.[Na+]. The molecule has 0 atom stereocenters. The second-order valence-corrected chi connectivity index (χ2v) is 5.54. The van der Waals surface area contributed by atoms with Crippen LogP contribution in [0.2, 0.25) is 0 Å². The van der Waals surface area contributed by atoms with Gasteiger partial charge in [-0.25, -0.2) is 0 Å². The van der Waals surface area contributed by atoms with Crippen LogP contribution in [0.25, 0.3) is 21.7 Å². The summed E-state index contributed by atoms with van der Waals surface area (Å²) in [7, 11) is -4.28. The average molecular weight is 297 g/mol. The smallest absolute Gasteiger partial charge is 0.858 e. The molecule has 0 amide bonds. The molecular weight excluding hydrogens is 289 g/mol. The molecule has 5 nitrogen and oxygen atoms in total. The fourth-order valence-electron chi connectivity index (χ4n) is 2.06. The van der Waals surface area contributed by atoms with Crippen molar-refractivity contribution in [3.63, 3.8) is 0 Å². The Morgan fingerprint density at radius 3 is 2.30 bits per heavy atom. The predicted octanol–water partition coefficient (Wildman–Crippen LogP) is -1.29. The Kier molecular flexibility index (Phi) is 4.04. The van der Waals surface area contributed by atoms with E-state index in [1.54, 1.807) is 24.3 Å². The molecule has 0 spiro atoms. The van der Waals surface area contributed by atoms with Crippen LogP contribution in [0.1, 0.15) is 0 Å². The van der Waals surface area contributed by atoms with Crippen molar-refractivity contribution in [1.82, 2.24) is 4.98 Å². The quantitative estimate of drug-likeness (QED) is 0.343. The first-order valence-electron chi connectivity index (χ1n) is 5.44. The van der Waals surface area contributed by atoms with Gasteiger partial charge in [-0.1, -0.05) is 24.3 Å². The van der Waals surface area contributed by atoms with Crippen molar-refractivity contribution in [2.24, 2.45) is 0 Å². The number of benzene rings is 2. The van der Waals surface area contributed by atoms with Crippen LogP contribution in [-0.4, -0.2) is 18.0 Å². The molecule has 96 valence electrons. The summed E-state index contributed by atoms with van der Waals surface area (Å²) in [5.41, 5.74) is 0.399. The van der Waals surface area contributed by atoms with Crippen molar-refractivity contribution < 1.29 is 47.6 Å². The largest absolute Gasteiger partial charge is 1.00 e. The normalized spacial score (nSPS) is 11.4. The third kappa shape index (κ3) is 2.53. The summed E-state index contributed by atoms with van der Waals surface area (Å²) >= 11 is 0. The average Bonchev–Trinajstić information content (AvgIpc) is 2.37. The molecule has 1 N–H and O–H groups in total. The van der Waals surface area contributed by atoms with E-state index in [0.29, 0.717) is 21.7 Å². The maximum absolute atomic E-state index is 11.8. The molecule has 3 rings (SSSR count). The van der Waals surface area contributed by atoms with Gasteiger partial charge in [0.15, 0.2) is 0 Å². The Balaban J connectivity index is 0.00000147. The molecule has 0 aliphatic rings. The van der Waals surface area contributed by atoms with Crippen molar-refractivity contribution in [2.75, 3.05) is 0 Å². The van der Waals surface area contributed by atoms with Crippen LogP contribution in [0.3, 0.4) is 0 Å². The molecule has 0 bridgehead atoms. The van der Waals surface area contributed by atoms with Crippen LogP contribution >= 0.6 is 0 Å². The standard InChI is InChI=1S/C13H9NO4S.Na/c15-13-10-4-2-1-3-9(10)11-7-8(19(16,17)18)5-6-12(11)14-13;/h1-7H,(H,14,15)(H,16,17,18);/q;+1/p-1. The van der Waals surface area contributed by atoms with Gasteiger partial charge in [0.1, 0.15) is 0 Å². The Bertz CT molecular complexity index is 909. The zero-order chi connectivity index (χ0) is 13.6. The summed E-state index contributed by atoms with van der Waals surface area (Å²) < 4.78 is 31.4.